The molecule has 0 saturated heterocycles. The van der Waals surface area contributed by atoms with Crippen molar-refractivity contribution in [2.75, 3.05) is 5.32 Å². The zero-order valence-corrected chi connectivity index (χ0v) is 10.0. The highest BCUT2D eigenvalue weighted by atomic mass is 15.2. The number of hydrogen-bond acceptors (Lipinski definition) is 2. The zero-order valence-electron chi connectivity index (χ0n) is 10.0. The maximum atomic E-state index is 4.46. The van der Waals surface area contributed by atoms with Crippen molar-refractivity contribution < 1.29 is 0 Å². The van der Waals surface area contributed by atoms with E-state index in [4.69, 9.17) is 0 Å². The third-order valence-electron chi connectivity index (χ3n) is 4.09. The summed E-state index contributed by atoms with van der Waals surface area (Å²) in [5.74, 6) is 2.00. The smallest absolute Gasteiger partial charge is 0.203 e. The average Bonchev–Trinajstić information content (AvgIpc) is 2.83. The van der Waals surface area contributed by atoms with Crippen molar-refractivity contribution in [2.45, 2.75) is 57.5 Å². The minimum atomic E-state index is 0.664. The second-order valence-electron chi connectivity index (χ2n) is 5.51. The van der Waals surface area contributed by atoms with Gasteiger partial charge in [0.2, 0.25) is 5.95 Å². The first-order valence-electron chi connectivity index (χ1n) is 6.62. The predicted molar refractivity (Wildman–Crippen MR) is 65.5 cm³/mol. The lowest BCUT2D eigenvalue weighted by atomic mass is 9.82. The third kappa shape index (κ3) is 1.83. The van der Waals surface area contributed by atoms with Gasteiger partial charge in [-0.2, -0.15) is 0 Å². The van der Waals surface area contributed by atoms with Crippen molar-refractivity contribution in [1.82, 2.24) is 9.55 Å². The Morgan fingerprint density at radius 3 is 2.75 bits per heavy atom. The molecule has 1 aromatic heterocycles. The molecule has 1 N–H and O–H groups in total. The molecule has 0 bridgehead atoms. The SMILES string of the molecule is CC1CC(Nc2nccn2C2CCCC2)C1. The van der Waals surface area contributed by atoms with Crippen LogP contribution < -0.4 is 5.32 Å². The summed E-state index contributed by atoms with van der Waals surface area (Å²) in [6.07, 6.45) is 12.1. The maximum absolute atomic E-state index is 4.46. The number of aromatic nitrogens is 2. The molecule has 88 valence electrons. The van der Waals surface area contributed by atoms with Gasteiger partial charge in [-0.05, 0) is 31.6 Å². The molecule has 3 heteroatoms. The summed E-state index contributed by atoms with van der Waals surface area (Å²) in [6.45, 7) is 2.32. The molecule has 3 nitrogen and oxygen atoms in total. The third-order valence-corrected chi connectivity index (χ3v) is 4.09. The summed E-state index contributed by atoms with van der Waals surface area (Å²) in [6, 6.07) is 1.36. The first kappa shape index (κ1) is 10.2. The normalized spacial score (nSPS) is 30.3. The quantitative estimate of drug-likeness (QED) is 0.846. The Morgan fingerprint density at radius 2 is 2.06 bits per heavy atom. The first-order chi connectivity index (χ1) is 7.83. The molecule has 2 aliphatic rings. The Morgan fingerprint density at radius 1 is 1.31 bits per heavy atom. The highest BCUT2D eigenvalue weighted by molar-refractivity contribution is 5.29. The van der Waals surface area contributed by atoms with Crippen LogP contribution in [-0.2, 0) is 0 Å². The lowest BCUT2D eigenvalue weighted by Crippen LogP contribution is -2.34. The maximum Gasteiger partial charge on any atom is 0.203 e. The van der Waals surface area contributed by atoms with Crippen LogP contribution in [0.1, 0.15) is 51.5 Å². The minimum absolute atomic E-state index is 0.664. The fourth-order valence-electron chi connectivity index (χ4n) is 3.10. The average molecular weight is 219 g/mol. The molecule has 0 atom stereocenters. The Bertz CT molecular complexity index is 346. The van der Waals surface area contributed by atoms with E-state index in [1.54, 1.807) is 0 Å². The van der Waals surface area contributed by atoms with Gasteiger partial charge in [0.05, 0.1) is 0 Å². The van der Waals surface area contributed by atoms with Crippen LogP contribution in [0.4, 0.5) is 5.95 Å². The van der Waals surface area contributed by atoms with Gasteiger partial charge in [0.25, 0.3) is 0 Å². The summed E-state index contributed by atoms with van der Waals surface area (Å²) >= 11 is 0. The van der Waals surface area contributed by atoms with Crippen molar-refractivity contribution in [3.63, 3.8) is 0 Å². The minimum Gasteiger partial charge on any atom is -0.353 e. The van der Waals surface area contributed by atoms with Gasteiger partial charge in [0.1, 0.15) is 0 Å². The van der Waals surface area contributed by atoms with Crippen LogP contribution in [0, 0.1) is 5.92 Å². The van der Waals surface area contributed by atoms with Gasteiger partial charge in [-0.25, -0.2) is 4.98 Å². The molecule has 0 amide bonds. The molecule has 2 aliphatic carbocycles. The van der Waals surface area contributed by atoms with Crippen LogP contribution in [0.2, 0.25) is 0 Å². The molecule has 1 aromatic rings. The second-order valence-corrected chi connectivity index (χ2v) is 5.51. The van der Waals surface area contributed by atoms with Crippen LogP contribution in [0.15, 0.2) is 12.4 Å². The van der Waals surface area contributed by atoms with Crippen molar-refractivity contribution in [2.24, 2.45) is 5.92 Å². The topological polar surface area (TPSA) is 29.9 Å². The van der Waals surface area contributed by atoms with E-state index in [-0.39, 0.29) is 0 Å². The summed E-state index contributed by atoms with van der Waals surface area (Å²) in [4.78, 5) is 4.46. The molecule has 0 spiro atoms. The lowest BCUT2D eigenvalue weighted by Gasteiger charge is -2.34. The molecule has 0 aliphatic heterocycles. The largest absolute Gasteiger partial charge is 0.353 e. The molecular weight excluding hydrogens is 198 g/mol. The number of anilines is 1. The van der Waals surface area contributed by atoms with Crippen LogP contribution in [0.5, 0.6) is 0 Å². The van der Waals surface area contributed by atoms with Crippen LogP contribution in [0.25, 0.3) is 0 Å². The Labute approximate surface area is 97.3 Å². The second kappa shape index (κ2) is 4.11. The molecule has 0 radical (unpaired) electrons. The van der Waals surface area contributed by atoms with Gasteiger partial charge in [-0.1, -0.05) is 19.8 Å². The van der Waals surface area contributed by atoms with Crippen molar-refractivity contribution in [3.8, 4) is 0 Å². The summed E-state index contributed by atoms with van der Waals surface area (Å²) in [5, 5.41) is 3.59. The molecular formula is C13H21N3. The lowest BCUT2D eigenvalue weighted by molar-refractivity contribution is 0.306. The number of nitrogens with one attached hydrogen (secondary N) is 1. The molecule has 16 heavy (non-hydrogen) atoms. The number of nitrogens with zero attached hydrogens (tertiary/aromatic N) is 2. The highest BCUT2D eigenvalue weighted by Crippen LogP contribution is 2.33. The van der Waals surface area contributed by atoms with Gasteiger partial charge < -0.3 is 9.88 Å². The van der Waals surface area contributed by atoms with Gasteiger partial charge in [0.15, 0.2) is 0 Å². The monoisotopic (exact) mass is 219 g/mol. The standard InChI is InChI=1S/C13H21N3/c1-10-8-11(9-10)15-13-14-6-7-16(13)12-4-2-3-5-12/h6-7,10-12H,2-5,8-9H2,1H3,(H,14,15). The number of hydrogen-bond donors (Lipinski definition) is 1. The van der Waals surface area contributed by atoms with E-state index in [0.717, 1.165) is 11.9 Å². The molecule has 3 rings (SSSR count). The molecule has 0 unspecified atom stereocenters. The van der Waals surface area contributed by atoms with E-state index in [0.29, 0.717) is 12.1 Å². The zero-order chi connectivity index (χ0) is 11.0. The summed E-state index contributed by atoms with van der Waals surface area (Å²) < 4.78 is 2.36. The molecule has 0 aromatic carbocycles. The van der Waals surface area contributed by atoms with Crippen molar-refractivity contribution in [3.05, 3.63) is 12.4 Å². The van der Waals surface area contributed by atoms with Gasteiger partial charge >= 0.3 is 0 Å². The molecule has 1 heterocycles. The van der Waals surface area contributed by atoms with E-state index in [9.17, 15) is 0 Å². The van der Waals surface area contributed by atoms with Gasteiger partial charge in [0, 0.05) is 24.5 Å². The predicted octanol–water partition coefficient (Wildman–Crippen LogP) is 3.21. The van der Waals surface area contributed by atoms with Gasteiger partial charge in [-0.15, -0.1) is 0 Å². The van der Waals surface area contributed by atoms with Gasteiger partial charge in [-0.3, -0.25) is 0 Å². The Balaban J connectivity index is 1.67. The first-order valence-corrected chi connectivity index (χ1v) is 6.62. The van der Waals surface area contributed by atoms with E-state index in [1.807, 2.05) is 6.20 Å². The van der Waals surface area contributed by atoms with E-state index < -0.39 is 0 Å². The van der Waals surface area contributed by atoms with Crippen LogP contribution >= 0.6 is 0 Å². The van der Waals surface area contributed by atoms with Crippen LogP contribution in [-0.4, -0.2) is 15.6 Å². The fraction of sp³-hybridized carbons (Fsp3) is 0.769. The summed E-state index contributed by atoms with van der Waals surface area (Å²) in [5.41, 5.74) is 0. The fourth-order valence-corrected chi connectivity index (χ4v) is 3.10. The molecule has 2 saturated carbocycles. The number of imidazole rings is 1. The van der Waals surface area contributed by atoms with Crippen LogP contribution in [0.3, 0.4) is 0 Å². The van der Waals surface area contributed by atoms with E-state index in [1.165, 1.54) is 38.5 Å². The van der Waals surface area contributed by atoms with E-state index >= 15 is 0 Å². The number of rotatable bonds is 3. The summed E-state index contributed by atoms with van der Waals surface area (Å²) in [7, 11) is 0. The van der Waals surface area contributed by atoms with Crippen molar-refractivity contribution in [1.29, 1.82) is 0 Å². The Hall–Kier alpha value is -0.990. The molecule has 2 fully saturated rings. The Kier molecular flexibility index (Phi) is 2.62. The highest BCUT2D eigenvalue weighted by Gasteiger charge is 2.27. The van der Waals surface area contributed by atoms with E-state index in [2.05, 4.69) is 28.0 Å². The van der Waals surface area contributed by atoms with Crippen molar-refractivity contribution >= 4 is 5.95 Å².